The molecule has 6 heteroatoms. The quantitative estimate of drug-likeness (QED) is 0.796. The van der Waals surface area contributed by atoms with Gasteiger partial charge in [-0.15, -0.1) is 0 Å². The van der Waals surface area contributed by atoms with Crippen LogP contribution in [0.3, 0.4) is 0 Å². The zero-order valence-electron chi connectivity index (χ0n) is 12.0. The maximum atomic E-state index is 13.7. The molecule has 1 aromatic rings. The SMILES string of the molecule is CC(=O)Nc1ccc(F)c(NC(=O)C[C@@H]2CCC[C@H]2N)c1. The number of anilines is 2. The number of rotatable bonds is 4. The number of hydrogen-bond donors (Lipinski definition) is 3. The fourth-order valence-corrected chi connectivity index (χ4v) is 2.66. The molecule has 2 atom stereocenters. The second-order valence-electron chi connectivity index (χ2n) is 5.48. The van der Waals surface area contributed by atoms with Crippen molar-refractivity contribution in [1.29, 1.82) is 0 Å². The van der Waals surface area contributed by atoms with E-state index in [4.69, 9.17) is 5.73 Å². The summed E-state index contributed by atoms with van der Waals surface area (Å²) in [5.41, 5.74) is 6.44. The maximum absolute atomic E-state index is 13.7. The Morgan fingerprint density at radius 3 is 2.71 bits per heavy atom. The molecule has 114 valence electrons. The number of halogens is 1. The first-order valence-electron chi connectivity index (χ1n) is 7.08. The molecule has 0 heterocycles. The number of benzene rings is 1. The van der Waals surface area contributed by atoms with Gasteiger partial charge >= 0.3 is 0 Å². The molecule has 1 aliphatic carbocycles. The second kappa shape index (κ2) is 6.67. The van der Waals surface area contributed by atoms with Gasteiger partial charge in [-0.1, -0.05) is 6.42 Å². The Hall–Kier alpha value is -1.95. The predicted octanol–water partition coefficient (Wildman–Crippen LogP) is 2.24. The lowest BCUT2D eigenvalue weighted by Crippen LogP contribution is -2.28. The molecule has 0 aliphatic heterocycles. The summed E-state index contributed by atoms with van der Waals surface area (Å²) in [5.74, 6) is -0.883. The predicted molar refractivity (Wildman–Crippen MR) is 79.3 cm³/mol. The summed E-state index contributed by atoms with van der Waals surface area (Å²) >= 11 is 0. The molecule has 0 radical (unpaired) electrons. The first kappa shape index (κ1) is 15.4. The molecule has 1 aliphatic rings. The van der Waals surface area contributed by atoms with Gasteiger partial charge in [0, 0.05) is 25.1 Å². The third-order valence-corrected chi connectivity index (χ3v) is 3.73. The summed E-state index contributed by atoms with van der Waals surface area (Å²) in [5, 5.41) is 5.10. The molecule has 1 saturated carbocycles. The van der Waals surface area contributed by atoms with Crippen LogP contribution in [0.4, 0.5) is 15.8 Å². The van der Waals surface area contributed by atoms with Gasteiger partial charge in [0.15, 0.2) is 0 Å². The normalized spacial score (nSPS) is 21.1. The molecule has 0 aromatic heterocycles. The maximum Gasteiger partial charge on any atom is 0.224 e. The van der Waals surface area contributed by atoms with Crippen molar-refractivity contribution in [1.82, 2.24) is 0 Å². The fourth-order valence-electron chi connectivity index (χ4n) is 2.66. The van der Waals surface area contributed by atoms with E-state index in [0.29, 0.717) is 12.1 Å². The highest BCUT2D eigenvalue weighted by Gasteiger charge is 2.26. The van der Waals surface area contributed by atoms with Gasteiger partial charge in [0.2, 0.25) is 11.8 Å². The number of nitrogens with one attached hydrogen (secondary N) is 2. The number of carbonyl (C=O) groups excluding carboxylic acids is 2. The van der Waals surface area contributed by atoms with Crippen LogP contribution >= 0.6 is 0 Å². The first-order valence-corrected chi connectivity index (χ1v) is 7.08. The summed E-state index contributed by atoms with van der Waals surface area (Å²) in [4.78, 5) is 23.0. The van der Waals surface area contributed by atoms with Crippen LogP contribution < -0.4 is 16.4 Å². The van der Waals surface area contributed by atoms with Crippen molar-refractivity contribution in [2.45, 2.75) is 38.6 Å². The molecule has 21 heavy (non-hydrogen) atoms. The fraction of sp³-hybridized carbons (Fsp3) is 0.467. The molecule has 1 aromatic carbocycles. The Kier molecular flexibility index (Phi) is 4.90. The average Bonchev–Trinajstić information content (AvgIpc) is 2.78. The molecule has 0 saturated heterocycles. The van der Waals surface area contributed by atoms with Crippen LogP contribution in [0.5, 0.6) is 0 Å². The minimum absolute atomic E-state index is 0.0475. The van der Waals surface area contributed by atoms with Gasteiger partial charge in [0.05, 0.1) is 5.69 Å². The van der Waals surface area contributed by atoms with E-state index >= 15 is 0 Å². The van der Waals surface area contributed by atoms with Gasteiger partial charge in [-0.05, 0) is 37.0 Å². The molecule has 1 fully saturated rings. The number of carbonyl (C=O) groups is 2. The van der Waals surface area contributed by atoms with Crippen LogP contribution in [0.25, 0.3) is 0 Å². The number of hydrogen-bond acceptors (Lipinski definition) is 3. The van der Waals surface area contributed by atoms with E-state index in [1.54, 1.807) is 0 Å². The molecular weight excluding hydrogens is 273 g/mol. The van der Waals surface area contributed by atoms with E-state index in [9.17, 15) is 14.0 Å². The Morgan fingerprint density at radius 1 is 1.33 bits per heavy atom. The van der Waals surface area contributed by atoms with Gasteiger partial charge in [-0.2, -0.15) is 0 Å². The first-order chi connectivity index (χ1) is 9.95. The van der Waals surface area contributed by atoms with Crippen LogP contribution in [0.1, 0.15) is 32.6 Å². The van der Waals surface area contributed by atoms with E-state index in [2.05, 4.69) is 10.6 Å². The van der Waals surface area contributed by atoms with E-state index in [1.807, 2.05) is 0 Å². The van der Waals surface area contributed by atoms with Crippen molar-refractivity contribution in [3.63, 3.8) is 0 Å². The minimum atomic E-state index is -0.534. The Morgan fingerprint density at radius 2 is 2.10 bits per heavy atom. The molecule has 4 N–H and O–H groups in total. The average molecular weight is 293 g/mol. The van der Waals surface area contributed by atoms with Crippen LogP contribution in [0.2, 0.25) is 0 Å². The van der Waals surface area contributed by atoms with Crippen molar-refractivity contribution in [2.24, 2.45) is 11.7 Å². The molecule has 5 nitrogen and oxygen atoms in total. The van der Waals surface area contributed by atoms with Crippen molar-refractivity contribution in [3.05, 3.63) is 24.0 Å². The highest BCUT2D eigenvalue weighted by atomic mass is 19.1. The van der Waals surface area contributed by atoms with Gasteiger partial charge in [-0.25, -0.2) is 4.39 Å². The lowest BCUT2D eigenvalue weighted by Gasteiger charge is -2.15. The molecule has 2 amide bonds. The lowest BCUT2D eigenvalue weighted by atomic mass is 10.00. The Labute approximate surface area is 123 Å². The number of amides is 2. The van der Waals surface area contributed by atoms with Gasteiger partial charge in [0.1, 0.15) is 5.82 Å². The van der Waals surface area contributed by atoms with Gasteiger partial charge in [0.25, 0.3) is 0 Å². The molecular formula is C15H20FN3O2. The zero-order valence-corrected chi connectivity index (χ0v) is 12.0. The largest absolute Gasteiger partial charge is 0.327 e. The standard InChI is InChI=1S/C15H20FN3O2/c1-9(20)18-11-5-6-12(16)14(8-11)19-15(21)7-10-3-2-4-13(10)17/h5-6,8,10,13H,2-4,7,17H2,1H3,(H,18,20)(H,19,21)/t10-,13+/m0/s1. The van der Waals surface area contributed by atoms with Crippen molar-refractivity contribution in [2.75, 3.05) is 10.6 Å². The monoisotopic (exact) mass is 293 g/mol. The van der Waals surface area contributed by atoms with Gasteiger partial charge < -0.3 is 16.4 Å². The summed E-state index contributed by atoms with van der Waals surface area (Å²) in [6.45, 7) is 1.36. The van der Waals surface area contributed by atoms with E-state index < -0.39 is 5.82 Å². The van der Waals surface area contributed by atoms with E-state index in [0.717, 1.165) is 19.3 Å². The number of nitrogens with two attached hydrogens (primary N) is 1. The van der Waals surface area contributed by atoms with Gasteiger partial charge in [-0.3, -0.25) is 9.59 Å². The molecule has 0 unspecified atom stereocenters. The summed E-state index contributed by atoms with van der Waals surface area (Å²) in [6, 6.07) is 4.11. The van der Waals surface area contributed by atoms with Crippen molar-refractivity contribution >= 4 is 23.2 Å². The zero-order chi connectivity index (χ0) is 15.4. The third-order valence-electron chi connectivity index (χ3n) is 3.73. The smallest absolute Gasteiger partial charge is 0.224 e. The molecule has 2 rings (SSSR count). The molecule has 0 bridgehead atoms. The lowest BCUT2D eigenvalue weighted by molar-refractivity contribution is -0.117. The molecule has 0 spiro atoms. The third kappa shape index (κ3) is 4.26. The summed E-state index contributed by atoms with van der Waals surface area (Å²) < 4.78 is 13.7. The van der Waals surface area contributed by atoms with E-state index in [-0.39, 0.29) is 29.5 Å². The van der Waals surface area contributed by atoms with E-state index in [1.165, 1.54) is 25.1 Å². The highest BCUT2D eigenvalue weighted by molar-refractivity contribution is 5.93. The van der Waals surface area contributed by atoms with Crippen molar-refractivity contribution < 1.29 is 14.0 Å². The minimum Gasteiger partial charge on any atom is -0.327 e. The Balaban J connectivity index is 2.00. The Bertz CT molecular complexity index is 548. The summed E-state index contributed by atoms with van der Waals surface area (Å²) in [6.07, 6.45) is 3.20. The van der Waals surface area contributed by atoms with Crippen LogP contribution in [0, 0.1) is 11.7 Å². The van der Waals surface area contributed by atoms with Crippen LogP contribution in [0.15, 0.2) is 18.2 Å². The second-order valence-corrected chi connectivity index (χ2v) is 5.48. The summed E-state index contributed by atoms with van der Waals surface area (Å²) in [7, 11) is 0. The highest BCUT2D eigenvalue weighted by Crippen LogP contribution is 2.27. The van der Waals surface area contributed by atoms with Crippen molar-refractivity contribution in [3.8, 4) is 0 Å². The van der Waals surface area contributed by atoms with Crippen LogP contribution in [-0.4, -0.2) is 17.9 Å². The van der Waals surface area contributed by atoms with Crippen LogP contribution in [-0.2, 0) is 9.59 Å². The topological polar surface area (TPSA) is 84.2 Å².